The summed E-state index contributed by atoms with van der Waals surface area (Å²) in [5.74, 6) is 0.572. The zero-order valence-electron chi connectivity index (χ0n) is 10.5. The molecule has 0 unspecified atom stereocenters. The quantitative estimate of drug-likeness (QED) is 0.812. The Hall–Kier alpha value is -1.53. The van der Waals surface area contributed by atoms with Gasteiger partial charge >= 0.3 is 0 Å². The predicted octanol–water partition coefficient (Wildman–Crippen LogP) is 2.24. The first-order valence-electron chi connectivity index (χ1n) is 5.53. The molecule has 0 fully saturated rings. The highest BCUT2D eigenvalue weighted by atomic mass is 35.7. The SMILES string of the molecule is Cc1cc(COc2ccc(S(=O)(=O)Cl)cc2)n(C)n1. The molecule has 0 amide bonds. The van der Waals surface area contributed by atoms with Gasteiger partial charge < -0.3 is 4.74 Å². The summed E-state index contributed by atoms with van der Waals surface area (Å²) in [7, 11) is 3.38. The summed E-state index contributed by atoms with van der Waals surface area (Å²) in [6.45, 7) is 2.27. The van der Waals surface area contributed by atoms with Crippen LogP contribution in [-0.2, 0) is 22.7 Å². The number of aryl methyl sites for hydroxylation is 2. The molecule has 1 heterocycles. The maximum absolute atomic E-state index is 11.1. The molecule has 0 bridgehead atoms. The summed E-state index contributed by atoms with van der Waals surface area (Å²) in [4.78, 5) is 0.0536. The normalized spacial score (nSPS) is 11.5. The highest BCUT2D eigenvalue weighted by molar-refractivity contribution is 8.13. The van der Waals surface area contributed by atoms with Crippen molar-refractivity contribution in [3.63, 3.8) is 0 Å². The van der Waals surface area contributed by atoms with Gasteiger partial charge in [0.2, 0.25) is 0 Å². The fraction of sp³-hybridized carbons (Fsp3) is 0.250. The van der Waals surface area contributed by atoms with Crippen LogP contribution in [0, 0.1) is 6.92 Å². The van der Waals surface area contributed by atoms with Gasteiger partial charge in [-0.15, -0.1) is 0 Å². The number of hydrogen-bond acceptors (Lipinski definition) is 4. The van der Waals surface area contributed by atoms with Crippen LogP contribution in [0.4, 0.5) is 0 Å². The molecule has 7 heteroatoms. The third-order valence-electron chi connectivity index (χ3n) is 2.59. The number of benzene rings is 1. The fourth-order valence-electron chi connectivity index (χ4n) is 1.66. The number of hydrogen-bond donors (Lipinski definition) is 0. The molecule has 0 spiro atoms. The second kappa shape index (κ2) is 5.22. The van der Waals surface area contributed by atoms with Crippen molar-refractivity contribution in [1.29, 1.82) is 0 Å². The smallest absolute Gasteiger partial charge is 0.261 e. The lowest BCUT2D eigenvalue weighted by Gasteiger charge is -2.06. The molecule has 1 aromatic carbocycles. The van der Waals surface area contributed by atoms with Gasteiger partial charge in [-0.25, -0.2) is 8.42 Å². The Kier molecular flexibility index (Phi) is 3.82. The molecule has 0 atom stereocenters. The van der Waals surface area contributed by atoms with E-state index in [1.165, 1.54) is 12.1 Å². The maximum Gasteiger partial charge on any atom is 0.261 e. The first kappa shape index (κ1) is 13.9. The van der Waals surface area contributed by atoms with E-state index in [1.54, 1.807) is 16.8 Å². The minimum atomic E-state index is -3.69. The lowest BCUT2D eigenvalue weighted by Crippen LogP contribution is -2.03. The zero-order chi connectivity index (χ0) is 14.0. The monoisotopic (exact) mass is 300 g/mol. The molecular weight excluding hydrogens is 288 g/mol. The molecule has 0 N–H and O–H groups in total. The van der Waals surface area contributed by atoms with Gasteiger partial charge in [0.1, 0.15) is 12.4 Å². The lowest BCUT2D eigenvalue weighted by molar-refractivity contribution is 0.294. The van der Waals surface area contributed by atoms with E-state index in [0.29, 0.717) is 12.4 Å². The second-order valence-electron chi connectivity index (χ2n) is 4.10. The van der Waals surface area contributed by atoms with E-state index in [9.17, 15) is 8.42 Å². The Labute approximate surface area is 116 Å². The standard InChI is InChI=1S/C12H13ClN2O3S/c1-9-7-10(15(2)14-9)8-18-11-3-5-12(6-4-11)19(13,16)17/h3-7H,8H2,1-2H3. The van der Waals surface area contributed by atoms with Crippen LogP contribution in [0.25, 0.3) is 0 Å². The van der Waals surface area contributed by atoms with Crippen LogP contribution < -0.4 is 4.74 Å². The molecule has 0 saturated heterocycles. The van der Waals surface area contributed by atoms with E-state index in [0.717, 1.165) is 11.4 Å². The Morgan fingerprint density at radius 1 is 1.32 bits per heavy atom. The summed E-state index contributed by atoms with van der Waals surface area (Å²) in [6.07, 6.45) is 0. The van der Waals surface area contributed by atoms with Gasteiger partial charge in [0.15, 0.2) is 0 Å². The van der Waals surface area contributed by atoms with Gasteiger partial charge in [-0.2, -0.15) is 5.10 Å². The largest absolute Gasteiger partial charge is 0.487 e. The molecule has 102 valence electrons. The molecule has 0 radical (unpaired) electrons. The molecule has 2 aromatic rings. The van der Waals surface area contributed by atoms with Gasteiger partial charge in [0.25, 0.3) is 9.05 Å². The summed E-state index contributed by atoms with van der Waals surface area (Å²) in [6, 6.07) is 7.88. The zero-order valence-corrected chi connectivity index (χ0v) is 12.1. The molecule has 0 aliphatic heterocycles. The number of halogens is 1. The van der Waals surface area contributed by atoms with Crippen molar-refractivity contribution in [2.75, 3.05) is 0 Å². The van der Waals surface area contributed by atoms with Crippen LogP contribution in [0.1, 0.15) is 11.4 Å². The molecule has 0 saturated carbocycles. The maximum atomic E-state index is 11.1. The number of rotatable bonds is 4. The van der Waals surface area contributed by atoms with Crippen molar-refractivity contribution in [3.05, 3.63) is 41.7 Å². The van der Waals surface area contributed by atoms with Gasteiger partial charge in [0, 0.05) is 17.7 Å². The molecule has 5 nitrogen and oxygen atoms in total. The van der Waals surface area contributed by atoms with E-state index in [1.807, 2.05) is 20.0 Å². The average molecular weight is 301 g/mol. The Balaban J connectivity index is 2.07. The minimum absolute atomic E-state index is 0.0536. The van der Waals surface area contributed by atoms with Crippen LogP contribution in [0.2, 0.25) is 0 Å². The summed E-state index contributed by atoms with van der Waals surface area (Å²) >= 11 is 0. The first-order valence-corrected chi connectivity index (χ1v) is 7.84. The molecule has 0 aliphatic rings. The van der Waals surface area contributed by atoms with Crippen molar-refractivity contribution >= 4 is 19.7 Å². The van der Waals surface area contributed by atoms with Crippen LogP contribution in [0.5, 0.6) is 5.75 Å². The average Bonchev–Trinajstić information content (AvgIpc) is 2.65. The second-order valence-corrected chi connectivity index (χ2v) is 6.66. The predicted molar refractivity (Wildman–Crippen MR) is 71.8 cm³/mol. The van der Waals surface area contributed by atoms with Gasteiger partial charge in [-0.05, 0) is 37.3 Å². The summed E-state index contributed by atoms with van der Waals surface area (Å²) < 4.78 is 29.5. The number of nitrogens with zero attached hydrogens (tertiary/aromatic N) is 2. The van der Waals surface area contributed by atoms with E-state index in [4.69, 9.17) is 15.4 Å². The molecule has 2 rings (SSSR count). The third-order valence-corrected chi connectivity index (χ3v) is 3.96. The van der Waals surface area contributed by atoms with E-state index >= 15 is 0 Å². The van der Waals surface area contributed by atoms with Crippen molar-refractivity contribution in [2.45, 2.75) is 18.4 Å². The lowest BCUT2D eigenvalue weighted by atomic mass is 10.3. The Bertz CT molecular complexity index is 678. The number of ether oxygens (including phenoxy) is 1. The van der Waals surface area contributed by atoms with E-state index < -0.39 is 9.05 Å². The van der Waals surface area contributed by atoms with Crippen LogP contribution in [0.15, 0.2) is 35.2 Å². The topological polar surface area (TPSA) is 61.2 Å². The van der Waals surface area contributed by atoms with Gasteiger partial charge in [0.05, 0.1) is 16.3 Å². The van der Waals surface area contributed by atoms with Crippen molar-refractivity contribution in [2.24, 2.45) is 7.05 Å². The van der Waals surface area contributed by atoms with Crippen LogP contribution in [-0.4, -0.2) is 18.2 Å². The molecular formula is C12H13ClN2O3S. The van der Waals surface area contributed by atoms with Crippen molar-refractivity contribution < 1.29 is 13.2 Å². The van der Waals surface area contributed by atoms with E-state index in [-0.39, 0.29) is 4.90 Å². The van der Waals surface area contributed by atoms with Gasteiger partial charge in [-0.3, -0.25) is 4.68 Å². The minimum Gasteiger partial charge on any atom is -0.487 e. The Morgan fingerprint density at radius 2 is 1.95 bits per heavy atom. The van der Waals surface area contributed by atoms with Crippen LogP contribution >= 0.6 is 10.7 Å². The van der Waals surface area contributed by atoms with Crippen molar-refractivity contribution in [1.82, 2.24) is 9.78 Å². The molecule has 19 heavy (non-hydrogen) atoms. The first-order chi connectivity index (χ1) is 8.86. The highest BCUT2D eigenvalue weighted by Crippen LogP contribution is 2.19. The van der Waals surface area contributed by atoms with E-state index in [2.05, 4.69) is 5.10 Å². The third kappa shape index (κ3) is 3.48. The van der Waals surface area contributed by atoms with Crippen molar-refractivity contribution in [3.8, 4) is 5.75 Å². The molecule has 0 aliphatic carbocycles. The van der Waals surface area contributed by atoms with Crippen LogP contribution in [0.3, 0.4) is 0 Å². The summed E-state index contributed by atoms with van der Waals surface area (Å²) in [5.41, 5.74) is 1.86. The fourth-order valence-corrected chi connectivity index (χ4v) is 2.42. The molecule has 1 aromatic heterocycles. The van der Waals surface area contributed by atoms with Gasteiger partial charge in [-0.1, -0.05) is 0 Å². The Morgan fingerprint density at radius 3 is 2.42 bits per heavy atom. The highest BCUT2D eigenvalue weighted by Gasteiger charge is 2.09. The number of aromatic nitrogens is 2. The summed E-state index contributed by atoms with van der Waals surface area (Å²) in [5, 5.41) is 4.21.